The number of ether oxygens (including phenoxy) is 1. The van der Waals surface area contributed by atoms with Gasteiger partial charge < -0.3 is 15.4 Å². The maximum absolute atomic E-state index is 5.78. The van der Waals surface area contributed by atoms with Crippen LogP contribution in [0.4, 0.5) is 5.82 Å². The van der Waals surface area contributed by atoms with E-state index in [4.69, 9.17) is 22.7 Å². The number of nitrogens with two attached hydrogens (primary N) is 1. The Morgan fingerprint density at radius 1 is 1.39 bits per heavy atom. The van der Waals surface area contributed by atoms with Crippen molar-refractivity contribution in [2.24, 2.45) is 5.73 Å². The monoisotopic (exact) mass is 268 g/mol. The zero-order chi connectivity index (χ0) is 13.7. The second kappa shape index (κ2) is 6.61. The molecule has 100 valence electrons. The van der Waals surface area contributed by atoms with Gasteiger partial charge in [0.2, 0.25) is 0 Å². The van der Waals surface area contributed by atoms with E-state index in [-0.39, 0.29) is 0 Å². The van der Waals surface area contributed by atoms with Crippen molar-refractivity contribution >= 4 is 23.0 Å². The van der Waals surface area contributed by atoms with Gasteiger partial charge in [0, 0.05) is 20.2 Å². The van der Waals surface area contributed by atoms with Crippen LogP contribution in [0.15, 0.2) is 0 Å². The molecule has 0 fully saturated rings. The summed E-state index contributed by atoms with van der Waals surface area (Å²) >= 11 is 5.10. The Morgan fingerprint density at radius 2 is 2.06 bits per heavy atom. The Kier molecular flexibility index (Phi) is 5.43. The van der Waals surface area contributed by atoms with E-state index in [1.165, 1.54) is 0 Å². The molecular weight excluding hydrogens is 248 g/mol. The normalized spacial score (nSPS) is 10.4. The maximum atomic E-state index is 5.78. The van der Waals surface area contributed by atoms with E-state index in [0.717, 1.165) is 23.4 Å². The smallest absolute Gasteiger partial charge is 0.161 e. The van der Waals surface area contributed by atoms with Crippen LogP contribution >= 0.6 is 12.2 Å². The summed E-state index contributed by atoms with van der Waals surface area (Å²) in [4.78, 5) is 2.31. The summed E-state index contributed by atoms with van der Waals surface area (Å²) in [6, 6.07) is 0. The van der Waals surface area contributed by atoms with E-state index in [0.29, 0.717) is 24.0 Å². The van der Waals surface area contributed by atoms with Crippen molar-refractivity contribution in [3.63, 3.8) is 0 Å². The third-order valence-corrected chi connectivity index (χ3v) is 3.02. The highest BCUT2D eigenvalue weighted by molar-refractivity contribution is 7.80. The van der Waals surface area contributed by atoms with Crippen molar-refractivity contribution in [2.45, 2.75) is 20.8 Å². The first-order chi connectivity index (χ1) is 8.49. The summed E-state index contributed by atoms with van der Waals surface area (Å²) in [5.41, 5.74) is 8.41. The van der Waals surface area contributed by atoms with E-state index in [1.54, 1.807) is 0 Å². The molecule has 0 atom stereocenters. The van der Waals surface area contributed by atoms with Crippen LogP contribution in [0, 0.1) is 13.8 Å². The number of aromatic nitrogens is 2. The topological polar surface area (TPSA) is 64.3 Å². The number of rotatable bonds is 6. The standard InChI is InChI=1S/C12H20N4OS/c1-5-17-7-6-16(4)12-10(11(13)18)8(2)9(3)14-15-12/h5-7H2,1-4H3,(H2,13,18). The number of aryl methyl sites for hydroxylation is 1. The minimum absolute atomic E-state index is 0.351. The van der Waals surface area contributed by atoms with E-state index in [1.807, 2.05) is 32.7 Å². The van der Waals surface area contributed by atoms with Gasteiger partial charge >= 0.3 is 0 Å². The Morgan fingerprint density at radius 3 is 2.61 bits per heavy atom. The lowest BCUT2D eigenvalue weighted by atomic mass is 10.1. The van der Waals surface area contributed by atoms with Crippen LogP contribution in [0.2, 0.25) is 0 Å². The number of nitrogens with zero attached hydrogens (tertiary/aromatic N) is 3. The third kappa shape index (κ3) is 3.36. The number of hydrogen-bond donors (Lipinski definition) is 1. The third-order valence-electron chi connectivity index (χ3n) is 2.82. The summed E-state index contributed by atoms with van der Waals surface area (Å²) in [5, 5.41) is 8.32. The summed E-state index contributed by atoms with van der Waals surface area (Å²) in [5.74, 6) is 0.713. The van der Waals surface area contributed by atoms with Crippen molar-refractivity contribution in [1.82, 2.24) is 10.2 Å². The van der Waals surface area contributed by atoms with E-state index >= 15 is 0 Å². The lowest BCUT2D eigenvalue weighted by molar-refractivity contribution is 0.154. The molecule has 0 aromatic carbocycles. The van der Waals surface area contributed by atoms with E-state index < -0.39 is 0 Å². The van der Waals surface area contributed by atoms with Crippen LogP contribution in [0.3, 0.4) is 0 Å². The molecule has 2 N–H and O–H groups in total. The maximum Gasteiger partial charge on any atom is 0.161 e. The molecule has 1 rings (SSSR count). The van der Waals surface area contributed by atoms with Gasteiger partial charge in [-0.05, 0) is 26.3 Å². The molecule has 0 bridgehead atoms. The molecule has 0 radical (unpaired) electrons. The van der Waals surface area contributed by atoms with Crippen molar-refractivity contribution < 1.29 is 4.74 Å². The van der Waals surface area contributed by atoms with Gasteiger partial charge in [0.1, 0.15) is 4.99 Å². The molecule has 5 nitrogen and oxygen atoms in total. The minimum Gasteiger partial charge on any atom is -0.389 e. The van der Waals surface area contributed by atoms with Gasteiger partial charge in [-0.15, -0.1) is 5.10 Å². The molecule has 0 unspecified atom stereocenters. The van der Waals surface area contributed by atoms with E-state index in [9.17, 15) is 0 Å². The Balaban J connectivity index is 3.01. The van der Waals surface area contributed by atoms with Crippen molar-refractivity contribution in [2.75, 3.05) is 31.7 Å². The molecule has 0 aliphatic heterocycles. The number of hydrogen-bond acceptors (Lipinski definition) is 5. The van der Waals surface area contributed by atoms with Gasteiger partial charge in [0.05, 0.1) is 17.9 Å². The zero-order valence-electron chi connectivity index (χ0n) is 11.4. The molecule has 0 saturated heterocycles. The first kappa shape index (κ1) is 14.8. The fraction of sp³-hybridized carbons (Fsp3) is 0.583. The van der Waals surface area contributed by atoms with Crippen LogP contribution in [0.25, 0.3) is 0 Å². The zero-order valence-corrected chi connectivity index (χ0v) is 12.2. The Bertz CT molecular complexity index is 436. The molecule has 1 aromatic heterocycles. The highest BCUT2D eigenvalue weighted by Gasteiger charge is 2.16. The molecule has 1 aromatic rings. The fourth-order valence-electron chi connectivity index (χ4n) is 1.61. The largest absolute Gasteiger partial charge is 0.389 e. The van der Waals surface area contributed by atoms with Gasteiger partial charge in [-0.3, -0.25) is 0 Å². The molecule has 0 aliphatic rings. The summed E-state index contributed by atoms with van der Waals surface area (Å²) < 4.78 is 5.33. The summed E-state index contributed by atoms with van der Waals surface area (Å²) in [7, 11) is 1.93. The van der Waals surface area contributed by atoms with Crippen molar-refractivity contribution in [3.8, 4) is 0 Å². The minimum atomic E-state index is 0.351. The van der Waals surface area contributed by atoms with Crippen molar-refractivity contribution in [1.29, 1.82) is 0 Å². The Labute approximate surface area is 113 Å². The molecular formula is C12H20N4OS. The lowest BCUT2D eigenvalue weighted by Crippen LogP contribution is -2.28. The van der Waals surface area contributed by atoms with Crippen LogP contribution in [0.1, 0.15) is 23.7 Å². The fourth-order valence-corrected chi connectivity index (χ4v) is 1.85. The van der Waals surface area contributed by atoms with Crippen molar-refractivity contribution in [3.05, 3.63) is 16.8 Å². The predicted molar refractivity (Wildman–Crippen MR) is 77.2 cm³/mol. The van der Waals surface area contributed by atoms with Gasteiger partial charge in [0.25, 0.3) is 0 Å². The van der Waals surface area contributed by atoms with Gasteiger partial charge in [-0.25, -0.2) is 0 Å². The average Bonchev–Trinajstić information content (AvgIpc) is 2.32. The molecule has 0 amide bonds. The highest BCUT2D eigenvalue weighted by atomic mass is 32.1. The SMILES string of the molecule is CCOCCN(C)c1nnc(C)c(C)c1C(N)=S. The first-order valence-electron chi connectivity index (χ1n) is 5.91. The Hall–Kier alpha value is -1.27. The first-order valence-corrected chi connectivity index (χ1v) is 6.32. The lowest BCUT2D eigenvalue weighted by Gasteiger charge is -2.21. The number of thiocarbonyl (C=S) groups is 1. The molecule has 1 heterocycles. The van der Waals surface area contributed by atoms with Gasteiger partial charge in [-0.2, -0.15) is 5.10 Å². The summed E-state index contributed by atoms with van der Waals surface area (Å²) in [6.45, 7) is 7.89. The second-order valence-electron chi connectivity index (χ2n) is 4.09. The van der Waals surface area contributed by atoms with Crippen LogP contribution in [-0.4, -0.2) is 42.0 Å². The predicted octanol–water partition coefficient (Wildman–Crippen LogP) is 1.20. The molecule has 18 heavy (non-hydrogen) atoms. The van der Waals surface area contributed by atoms with Gasteiger partial charge in [-0.1, -0.05) is 12.2 Å². The van der Waals surface area contributed by atoms with E-state index in [2.05, 4.69) is 10.2 Å². The second-order valence-corrected chi connectivity index (χ2v) is 4.53. The highest BCUT2D eigenvalue weighted by Crippen LogP contribution is 2.20. The summed E-state index contributed by atoms with van der Waals surface area (Å²) in [6.07, 6.45) is 0. The van der Waals surface area contributed by atoms with Crippen LogP contribution < -0.4 is 10.6 Å². The average molecular weight is 268 g/mol. The van der Waals surface area contributed by atoms with Gasteiger partial charge in [0.15, 0.2) is 5.82 Å². The number of likely N-dealkylation sites (N-methyl/N-ethyl adjacent to an activating group) is 1. The van der Waals surface area contributed by atoms with Crippen LogP contribution in [-0.2, 0) is 4.74 Å². The quantitative estimate of drug-likeness (QED) is 0.618. The van der Waals surface area contributed by atoms with Crippen LogP contribution in [0.5, 0.6) is 0 Å². The number of anilines is 1. The molecule has 0 aliphatic carbocycles. The molecule has 6 heteroatoms. The molecule has 0 spiro atoms. The molecule has 0 saturated carbocycles.